The molecule has 1 aromatic heterocycles. The molecule has 0 unspecified atom stereocenters. The van der Waals surface area contributed by atoms with Crippen LogP contribution in [0.1, 0.15) is 21.5 Å². The van der Waals surface area contributed by atoms with Gasteiger partial charge in [0.2, 0.25) is 18.6 Å². The molecule has 0 saturated carbocycles. The lowest BCUT2D eigenvalue weighted by Crippen LogP contribution is -2.47. The lowest BCUT2D eigenvalue weighted by Gasteiger charge is -2.36. The van der Waals surface area contributed by atoms with Crippen molar-refractivity contribution in [3.63, 3.8) is 0 Å². The number of piperazine rings is 1. The predicted molar refractivity (Wildman–Crippen MR) is 128 cm³/mol. The Morgan fingerprint density at radius 2 is 1.81 bits per heavy atom. The highest BCUT2D eigenvalue weighted by Gasteiger charge is 2.31. The Morgan fingerprint density at radius 3 is 2.57 bits per heavy atom. The lowest BCUT2D eigenvalue weighted by atomic mass is 10.1. The van der Waals surface area contributed by atoms with Gasteiger partial charge in [0.1, 0.15) is 5.56 Å². The summed E-state index contributed by atoms with van der Waals surface area (Å²) in [5, 5.41) is 2.82. The minimum absolute atomic E-state index is 0.133. The molecule has 5 rings (SSSR count). The van der Waals surface area contributed by atoms with Gasteiger partial charge < -0.3 is 29.3 Å². The highest BCUT2D eigenvalue weighted by molar-refractivity contribution is 5.96. The number of amides is 1. The van der Waals surface area contributed by atoms with Crippen LogP contribution in [-0.4, -0.2) is 56.0 Å². The average Bonchev–Trinajstić information content (AvgIpc) is 3.39. The van der Waals surface area contributed by atoms with Crippen LogP contribution in [0.2, 0.25) is 0 Å². The fourth-order valence-corrected chi connectivity index (χ4v) is 4.19. The van der Waals surface area contributed by atoms with Crippen LogP contribution < -0.4 is 29.3 Å². The molecule has 2 aliphatic heterocycles. The molecule has 2 aliphatic rings. The van der Waals surface area contributed by atoms with Crippen molar-refractivity contribution >= 4 is 17.5 Å². The number of carbonyl (C=O) groups is 1. The average molecular weight is 515 g/mol. The summed E-state index contributed by atoms with van der Waals surface area (Å²) in [5.74, 6) is 1.42. The first-order chi connectivity index (χ1) is 17.8. The minimum Gasteiger partial charge on any atom is -0.480 e. The van der Waals surface area contributed by atoms with Crippen molar-refractivity contribution in [3.8, 4) is 17.4 Å². The Balaban J connectivity index is 1.21. The normalized spacial score (nSPS) is 15.0. The second kappa shape index (κ2) is 10.0. The standard InChI is InChI=1S/C25H24F3N5O4/c1-35-23-19(22(34)29-13-16-5-6-20-21(11-16)37-15-36-20)14-30-24(31-23)33-9-7-32(8-10-33)18-4-2-3-17(12-18)25(26,27)28/h2-6,11-12,14H,7-10,13,15H2,1H3,(H,29,34). The van der Waals surface area contributed by atoms with E-state index in [0.717, 1.165) is 17.7 Å². The molecule has 37 heavy (non-hydrogen) atoms. The molecule has 1 saturated heterocycles. The van der Waals surface area contributed by atoms with Gasteiger partial charge in [-0.3, -0.25) is 4.79 Å². The number of carbonyl (C=O) groups excluding carboxylic acids is 1. The minimum atomic E-state index is -4.39. The molecule has 3 aromatic rings. The van der Waals surface area contributed by atoms with Crippen LogP contribution in [0.5, 0.6) is 17.4 Å². The van der Waals surface area contributed by atoms with E-state index in [9.17, 15) is 18.0 Å². The number of hydrogen-bond acceptors (Lipinski definition) is 8. The fraction of sp³-hybridized carbons (Fsp3) is 0.320. The molecular formula is C25H24F3N5O4. The van der Waals surface area contributed by atoms with Crippen LogP contribution >= 0.6 is 0 Å². The number of ether oxygens (including phenoxy) is 3. The summed E-state index contributed by atoms with van der Waals surface area (Å²) in [6.45, 7) is 2.41. The van der Waals surface area contributed by atoms with Crippen LogP contribution in [-0.2, 0) is 12.7 Å². The van der Waals surface area contributed by atoms with Crippen molar-refractivity contribution < 1.29 is 32.2 Å². The van der Waals surface area contributed by atoms with Crippen molar-refractivity contribution in [3.05, 3.63) is 65.4 Å². The zero-order valence-corrected chi connectivity index (χ0v) is 19.9. The van der Waals surface area contributed by atoms with Crippen molar-refractivity contribution in [2.75, 3.05) is 49.9 Å². The molecule has 1 amide bonds. The molecular weight excluding hydrogens is 491 g/mol. The largest absolute Gasteiger partial charge is 0.480 e. The van der Waals surface area contributed by atoms with E-state index in [2.05, 4.69) is 15.3 Å². The first kappa shape index (κ1) is 24.5. The monoisotopic (exact) mass is 515 g/mol. The third kappa shape index (κ3) is 5.32. The number of methoxy groups -OCH3 is 1. The molecule has 0 atom stereocenters. The Kier molecular flexibility index (Phi) is 6.64. The number of halogens is 3. The van der Waals surface area contributed by atoms with E-state index in [1.807, 2.05) is 15.9 Å². The summed E-state index contributed by atoms with van der Waals surface area (Å²) >= 11 is 0. The van der Waals surface area contributed by atoms with Gasteiger partial charge in [-0.05, 0) is 35.9 Å². The number of nitrogens with one attached hydrogen (secondary N) is 1. The zero-order chi connectivity index (χ0) is 26.0. The SMILES string of the molecule is COc1nc(N2CCN(c3cccc(C(F)(F)F)c3)CC2)ncc1C(=O)NCc1ccc2c(c1)OCO2. The van der Waals surface area contributed by atoms with Gasteiger partial charge in [-0.25, -0.2) is 4.98 Å². The van der Waals surface area contributed by atoms with Gasteiger partial charge >= 0.3 is 6.18 Å². The molecule has 1 fully saturated rings. The number of hydrogen-bond donors (Lipinski definition) is 1. The quantitative estimate of drug-likeness (QED) is 0.534. The van der Waals surface area contributed by atoms with Gasteiger partial charge in [-0.1, -0.05) is 12.1 Å². The number of nitrogens with zero attached hydrogens (tertiary/aromatic N) is 4. The smallest absolute Gasteiger partial charge is 0.416 e. The van der Waals surface area contributed by atoms with E-state index >= 15 is 0 Å². The fourth-order valence-electron chi connectivity index (χ4n) is 4.19. The van der Waals surface area contributed by atoms with E-state index in [0.29, 0.717) is 49.3 Å². The van der Waals surface area contributed by atoms with Crippen molar-refractivity contribution in [1.29, 1.82) is 0 Å². The van der Waals surface area contributed by atoms with Crippen LogP contribution in [0.4, 0.5) is 24.8 Å². The Morgan fingerprint density at radius 1 is 1.05 bits per heavy atom. The van der Waals surface area contributed by atoms with Crippen molar-refractivity contribution in [2.45, 2.75) is 12.7 Å². The van der Waals surface area contributed by atoms with E-state index < -0.39 is 17.6 Å². The van der Waals surface area contributed by atoms with E-state index in [1.165, 1.54) is 19.4 Å². The number of aromatic nitrogens is 2. The number of rotatable bonds is 6. The van der Waals surface area contributed by atoms with Crippen LogP contribution in [0.25, 0.3) is 0 Å². The summed E-state index contributed by atoms with van der Waals surface area (Å²) in [6, 6.07) is 10.7. The molecule has 2 aromatic carbocycles. The van der Waals surface area contributed by atoms with Gasteiger partial charge in [-0.15, -0.1) is 0 Å². The topological polar surface area (TPSA) is 89.1 Å². The Labute approximate surface area is 210 Å². The molecule has 3 heterocycles. The van der Waals surface area contributed by atoms with Gasteiger partial charge in [0.05, 0.1) is 12.7 Å². The molecule has 9 nitrogen and oxygen atoms in total. The molecule has 0 radical (unpaired) electrons. The molecule has 0 aliphatic carbocycles. The maximum Gasteiger partial charge on any atom is 0.416 e. The van der Waals surface area contributed by atoms with E-state index in [-0.39, 0.29) is 24.8 Å². The van der Waals surface area contributed by atoms with Gasteiger partial charge in [-0.2, -0.15) is 18.2 Å². The molecule has 194 valence electrons. The lowest BCUT2D eigenvalue weighted by molar-refractivity contribution is -0.137. The van der Waals surface area contributed by atoms with Crippen molar-refractivity contribution in [2.24, 2.45) is 0 Å². The van der Waals surface area contributed by atoms with Gasteiger partial charge in [0.25, 0.3) is 5.91 Å². The Bertz CT molecular complexity index is 1300. The van der Waals surface area contributed by atoms with Gasteiger partial charge in [0.15, 0.2) is 11.5 Å². The summed E-state index contributed by atoms with van der Waals surface area (Å²) in [4.78, 5) is 25.3. The van der Waals surface area contributed by atoms with Crippen LogP contribution in [0, 0.1) is 0 Å². The first-order valence-corrected chi connectivity index (χ1v) is 11.6. The third-order valence-electron chi connectivity index (χ3n) is 6.17. The Hall–Kier alpha value is -4.22. The summed E-state index contributed by atoms with van der Waals surface area (Å²) in [5.41, 5.74) is 0.873. The molecule has 1 N–H and O–H groups in total. The molecule has 0 spiro atoms. The third-order valence-corrected chi connectivity index (χ3v) is 6.17. The summed E-state index contributed by atoms with van der Waals surface area (Å²) in [7, 11) is 1.42. The zero-order valence-electron chi connectivity index (χ0n) is 19.9. The number of alkyl halides is 3. The van der Waals surface area contributed by atoms with E-state index in [4.69, 9.17) is 14.2 Å². The maximum atomic E-state index is 13.1. The molecule has 12 heteroatoms. The number of fused-ring (bicyclic) bond motifs is 1. The predicted octanol–water partition coefficient (Wildman–Crippen LogP) is 3.49. The summed E-state index contributed by atoms with van der Waals surface area (Å²) < 4.78 is 55.2. The maximum absolute atomic E-state index is 13.1. The number of benzene rings is 2. The van der Waals surface area contributed by atoms with Crippen LogP contribution in [0.15, 0.2) is 48.7 Å². The van der Waals surface area contributed by atoms with Crippen molar-refractivity contribution in [1.82, 2.24) is 15.3 Å². The highest BCUT2D eigenvalue weighted by atomic mass is 19.4. The first-order valence-electron chi connectivity index (χ1n) is 11.6. The molecule has 0 bridgehead atoms. The second-order valence-electron chi connectivity index (χ2n) is 8.49. The number of anilines is 2. The van der Waals surface area contributed by atoms with Gasteiger partial charge in [0, 0.05) is 44.6 Å². The highest BCUT2D eigenvalue weighted by Crippen LogP contribution is 2.33. The van der Waals surface area contributed by atoms with E-state index in [1.54, 1.807) is 18.2 Å². The summed E-state index contributed by atoms with van der Waals surface area (Å²) in [6.07, 6.45) is -2.98. The van der Waals surface area contributed by atoms with Crippen LogP contribution in [0.3, 0.4) is 0 Å². The second-order valence-corrected chi connectivity index (χ2v) is 8.49.